The van der Waals surface area contributed by atoms with Crippen molar-refractivity contribution < 1.29 is 0 Å². The van der Waals surface area contributed by atoms with E-state index < -0.39 is 0 Å². The maximum atomic E-state index is 5.78. The van der Waals surface area contributed by atoms with Gasteiger partial charge in [0.25, 0.3) is 0 Å². The molecule has 2 aromatic rings. The molecule has 0 spiro atoms. The maximum absolute atomic E-state index is 5.78. The number of hydrogen-bond donors (Lipinski definition) is 1. The van der Waals surface area contributed by atoms with Crippen molar-refractivity contribution in [3.8, 4) is 0 Å². The average molecular weight is 204 g/mol. The van der Waals surface area contributed by atoms with Gasteiger partial charge in [0.2, 0.25) is 0 Å². The van der Waals surface area contributed by atoms with Crippen LogP contribution in [0.2, 0.25) is 0 Å². The van der Waals surface area contributed by atoms with E-state index in [1.54, 1.807) is 10.7 Å². The van der Waals surface area contributed by atoms with Crippen molar-refractivity contribution in [1.82, 2.24) is 14.8 Å². The third-order valence-corrected chi connectivity index (χ3v) is 2.81. The molecule has 4 heteroatoms. The first kappa shape index (κ1) is 10.1. The van der Waals surface area contributed by atoms with E-state index in [-0.39, 0.29) is 0 Å². The molecule has 2 rings (SSSR count). The van der Waals surface area contributed by atoms with Crippen LogP contribution in [0, 0.1) is 5.92 Å². The summed E-state index contributed by atoms with van der Waals surface area (Å²) in [4.78, 5) is 0. The summed E-state index contributed by atoms with van der Waals surface area (Å²) in [7, 11) is 0. The Morgan fingerprint density at radius 2 is 2.20 bits per heavy atom. The smallest absolute Gasteiger partial charge is 0.0865 e. The molecule has 0 aromatic carbocycles. The normalized spacial score (nSPS) is 13.6. The van der Waals surface area contributed by atoms with Crippen LogP contribution < -0.4 is 5.73 Å². The van der Waals surface area contributed by atoms with Crippen LogP contribution in [0.5, 0.6) is 0 Å². The molecule has 1 unspecified atom stereocenters. The molecular weight excluding hydrogens is 188 g/mol. The van der Waals surface area contributed by atoms with Crippen LogP contribution in [0.4, 0.5) is 0 Å². The lowest BCUT2D eigenvalue weighted by Crippen LogP contribution is -2.18. The average Bonchev–Trinajstić information content (AvgIpc) is 2.65. The summed E-state index contributed by atoms with van der Waals surface area (Å²) in [5.74, 6) is 0.926. The lowest BCUT2D eigenvalue weighted by molar-refractivity contribution is 0.504. The Morgan fingerprint density at radius 1 is 1.40 bits per heavy atom. The zero-order valence-electron chi connectivity index (χ0n) is 9.09. The van der Waals surface area contributed by atoms with Crippen molar-refractivity contribution in [3.63, 3.8) is 0 Å². The fourth-order valence-corrected chi connectivity index (χ4v) is 1.85. The Bertz CT molecular complexity index is 447. The number of nitrogens with zero attached hydrogens (tertiary/aromatic N) is 3. The lowest BCUT2D eigenvalue weighted by atomic mass is 9.90. The van der Waals surface area contributed by atoms with E-state index in [2.05, 4.69) is 30.2 Å². The summed E-state index contributed by atoms with van der Waals surface area (Å²) in [6, 6.07) is 4.14. The molecule has 0 bridgehead atoms. The minimum atomic E-state index is 0.388. The van der Waals surface area contributed by atoms with Crippen LogP contribution in [-0.4, -0.2) is 21.4 Å². The fraction of sp³-hybridized carbons (Fsp3) is 0.455. The van der Waals surface area contributed by atoms with Gasteiger partial charge in [-0.3, -0.25) is 0 Å². The third-order valence-electron chi connectivity index (χ3n) is 2.81. The van der Waals surface area contributed by atoms with Gasteiger partial charge in [-0.15, -0.1) is 5.10 Å². The summed E-state index contributed by atoms with van der Waals surface area (Å²) in [5.41, 5.74) is 8.02. The predicted molar refractivity (Wildman–Crippen MR) is 59.6 cm³/mol. The largest absolute Gasteiger partial charge is 0.330 e. The van der Waals surface area contributed by atoms with Gasteiger partial charge in [0.15, 0.2) is 0 Å². The predicted octanol–water partition coefficient (Wildman–Crippen LogP) is 1.43. The quantitative estimate of drug-likeness (QED) is 0.822. The Balaban J connectivity index is 2.41. The van der Waals surface area contributed by atoms with Crippen LogP contribution in [-0.2, 0) is 0 Å². The van der Waals surface area contributed by atoms with E-state index in [9.17, 15) is 0 Å². The Morgan fingerprint density at radius 3 is 2.87 bits per heavy atom. The lowest BCUT2D eigenvalue weighted by Gasteiger charge is -2.18. The SMILES string of the molecule is CC(C)C(CN)c1ccc2cnnn2c1. The van der Waals surface area contributed by atoms with Gasteiger partial charge in [0.05, 0.1) is 11.7 Å². The first-order valence-electron chi connectivity index (χ1n) is 5.22. The molecule has 0 saturated heterocycles. The second-order valence-corrected chi connectivity index (χ2v) is 4.15. The molecule has 0 radical (unpaired) electrons. The van der Waals surface area contributed by atoms with Gasteiger partial charge in [0.1, 0.15) is 0 Å². The van der Waals surface area contributed by atoms with E-state index in [1.165, 1.54) is 5.56 Å². The van der Waals surface area contributed by atoms with E-state index in [1.807, 2.05) is 12.3 Å². The molecule has 80 valence electrons. The van der Waals surface area contributed by atoms with Gasteiger partial charge in [-0.05, 0) is 30.0 Å². The minimum absolute atomic E-state index is 0.388. The van der Waals surface area contributed by atoms with E-state index in [4.69, 9.17) is 5.73 Å². The second kappa shape index (κ2) is 3.98. The summed E-state index contributed by atoms with van der Waals surface area (Å²) in [6.45, 7) is 5.03. The number of fused-ring (bicyclic) bond motifs is 1. The van der Waals surface area contributed by atoms with E-state index in [0.717, 1.165) is 5.52 Å². The van der Waals surface area contributed by atoms with Crippen molar-refractivity contribution in [2.24, 2.45) is 11.7 Å². The topological polar surface area (TPSA) is 56.2 Å². The van der Waals surface area contributed by atoms with Crippen LogP contribution in [0.15, 0.2) is 24.5 Å². The van der Waals surface area contributed by atoms with E-state index in [0.29, 0.717) is 18.4 Å². The van der Waals surface area contributed by atoms with E-state index >= 15 is 0 Å². The molecule has 1 atom stereocenters. The van der Waals surface area contributed by atoms with Gasteiger partial charge in [0, 0.05) is 6.20 Å². The highest BCUT2D eigenvalue weighted by Crippen LogP contribution is 2.23. The van der Waals surface area contributed by atoms with Gasteiger partial charge in [-0.25, -0.2) is 4.52 Å². The Kier molecular flexibility index (Phi) is 2.68. The molecule has 0 saturated carbocycles. The van der Waals surface area contributed by atoms with Crippen LogP contribution in [0.25, 0.3) is 5.52 Å². The van der Waals surface area contributed by atoms with Gasteiger partial charge < -0.3 is 5.73 Å². The van der Waals surface area contributed by atoms with Crippen molar-refractivity contribution in [2.45, 2.75) is 19.8 Å². The number of pyridine rings is 1. The van der Waals surface area contributed by atoms with Gasteiger partial charge in [-0.1, -0.05) is 25.1 Å². The van der Waals surface area contributed by atoms with Gasteiger partial charge in [-0.2, -0.15) is 0 Å². The molecule has 0 amide bonds. The van der Waals surface area contributed by atoms with Crippen molar-refractivity contribution in [3.05, 3.63) is 30.1 Å². The molecule has 15 heavy (non-hydrogen) atoms. The highest BCUT2D eigenvalue weighted by atomic mass is 15.4. The summed E-state index contributed by atoms with van der Waals surface area (Å²) in [6.07, 6.45) is 3.76. The molecule has 0 aliphatic carbocycles. The first-order chi connectivity index (χ1) is 7.22. The fourth-order valence-electron chi connectivity index (χ4n) is 1.85. The number of aromatic nitrogens is 3. The molecule has 2 aromatic heterocycles. The van der Waals surface area contributed by atoms with Crippen LogP contribution in [0.3, 0.4) is 0 Å². The third kappa shape index (κ3) is 1.85. The van der Waals surface area contributed by atoms with Crippen molar-refractivity contribution in [2.75, 3.05) is 6.54 Å². The minimum Gasteiger partial charge on any atom is -0.330 e. The van der Waals surface area contributed by atoms with Crippen molar-refractivity contribution in [1.29, 1.82) is 0 Å². The van der Waals surface area contributed by atoms with Crippen LogP contribution in [0.1, 0.15) is 25.3 Å². The monoisotopic (exact) mass is 204 g/mol. The zero-order valence-corrected chi connectivity index (χ0v) is 9.09. The number of hydrogen-bond acceptors (Lipinski definition) is 3. The summed E-state index contributed by atoms with van der Waals surface area (Å²) in [5, 5.41) is 7.84. The molecule has 4 nitrogen and oxygen atoms in total. The standard InChI is InChI=1S/C11H16N4/c1-8(2)11(5-12)9-3-4-10-6-13-14-15(10)7-9/h3-4,6-8,11H,5,12H2,1-2H3. The highest BCUT2D eigenvalue weighted by Gasteiger charge is 2.14. The maximum Gasteiger partial charge on any atom is 0.0865 e. The summed E-state index contributed by atoms with van der Waals surface area (Å²) < 4.78 is 1.79. The second-order valence-electron chi connectivity index (χ2n) is 4.15. The highest BCUT2D eigenvalue weighted by molar-refractivity contribution is 5.44. The molecule has 0 fully saturated rings. The molecule has 0 aliphatic rings. The van der Waals surface area contributed by atoms with Crippen LogP contribution >= 0.6 is 0 Å². The molecule has 2 N–H and O–H groups in total. The number of nitrogens with two attached hydrogens (primary N) is 1. The molecule has 0 aliphatic heterocycles. The summed E-state index contributed by atoms with van der Waals surface area (Å²) >= 11 is 0. The first-order valence-corrected chi connectivity index (χ1v) is 5.22. The molecular formula is C11H16N4. The Hall–Kier alpha value is -1.42. The van der Waals surface area contributed by atoms with Gasteiger partial charge >= 0.3 is 0 Å². The van der Waals surface area contributed by atoms with Crippen molar-refractivity contribution >= 4 is 5.52 Å². The Labute approximate surface area is 89.1 Å². The molecule has 2 heterocycles. The zero-order chi connectivity index (χ0) is 10.8. The number of rotatable bonds is 3.